The maximum Gasteiger partial charge on any atom is 0.310 e. The molecule has 2 amide bonds. The first kappa shape index (κ1) is 25.5. The zero-order valence-corrected chi connectivity index (χ0v) is 22.1. The number of aryl methyl sites for hydroxylation is 2. The maximum atomic E-state index is 15.0. The topological polar surface area (TPSA) is 108 Å². The normalized spacial score (nSPS) is 29.4. The highest BCUT2D eigenvalue weighted by atomic mass is 35.5. The van der Waals surface area contributed by atoms with Crippen molar-refractivity contribution in [3.8, 4) is 0 Å². The second-order valence-corrected chi connectivity index (χ2v) is 11.6. The molecule has 2 N–H and O–H groups in total. The summed E-state index contributed by atoms with van der Waals surface area (Å²) in [6.07, 6.45) is 2.71. The van der Waals surface area contributed by atoms with Crippen LogP contribution in [0.2, 0.25) is 10.0 Å². The smallest absolute Gasteiger partial charge is 0.310 e. The number of anilines is 2. The molecule has 1 aromatic carbocycles. The number of nitrogens with zero attached hydrogens (tertiary/aromatic N) is 4. The lowest BCUT2D eigenvalue weighted by Crippen LogP contribution is -2.54. The number of fused-ring (bicyclic) bond motifs is 4. The van der Waals surface area contributed by atoms with E-state index in [0.717, 1.165) is 12.8 Å². The van der Waals surface area contributed by atoms with Gasteiger partial charge in [0.2, 0.25) is 5.91 Å². The third-order valence-corrected chi connectivity index (χ3v) is 8.79. The monoisotopic (exact) mass is 567 g/mol. The molecule has 4 heterocycles. The van der Waals surface area contributed by atoms with Crippen molar-refractivity contribution < 1.29 is 28.3 Å². The van der Waals surface area contributed by atoms with Crippen LogP contribution < -0.4 is 10.2 Å². The Hall–Kier alpha value is -2.76. The Morgan fingerprint density at radius 3 is 2.61 bits per heavy atom. The van der Waals surface area contributed by atoms with E-state index in [4.69, 9.17) is 23.2 Å². The van der Waals surface area contributed by atoms with Crippen LogP contribution >= 0.6 is 23.2 Å². The Morgan fingerprint density at radius 1 is 1.29 bits per heavy atom. The van der Waals surface area contributed by atoms with Crippen LogP contribution in [0.3, 0.4) is 0 Å². The number of carbonyl (C=O) groups is 3. The molecular formula is C25H25Cl2F2N5O4. The van der Waals surface area contributed by atoms with Gasteiger partial charge in [0.25, 0.3) is 11.8 Å². The van der Waals surface area contributed by atoms with Crippen molar-refractivity contribution in [3.05, 3.63) is 39.6 Å². The van der Waals surface area contributed by atoms with E-state index in [1.54, 1.807) is 24.9 Å². The molecule has 0 radical (unpaired) electrons. The number of rotatable bonds is 5. The summed E-state index contributed by atoms with van der Waals surface area (Å²) < 4.78 is 31.6. The van der Waals surface area contributed by atoms with E-state index < -0.39 is 60.1 Å². The van der Waals surface area contributed by atoms with Gasteiger partial charge in [0, 0.05) is 42.8 Å². The number of halogens is 4. The molecule has 0 bridgehead atoms. The predicted octanol–water partition coefficient (Wildman–Crippen LogP) is 3.67. The summed E-state index contributed by atoms with van der Waals surface area (Å²) in [5.74, 6) is -8.98. The number of aromatic nitrogens is 2. The van der Waals surface area contributed by atoms with Crippen molar-refractivity contribution in [2.45, 2.75) is 43.7 Å². The standard InChI is InChI=1S/C25H25Cl2F2N5O4/c1-11-17(9-32(2)31-11)33(8-12-3-4-12)21(35)18-16-7-24(28,29)10-34(16)25(19(18)22(36)37)14-5-13(26)6-15(27)20(14)30-23(25)38/h5-6,9,12,16,18-19H,3-4,7-8,10H2,1-2H3,(H,30,38)(H,36,37)/t16-,18?,19-,25+/m1/s1. The molecule has 4 atom stereocenters. The quantitative estimate of drug-likeness (QED) is 0.570. The minimum Gasteiger partial charge on any atom is -0.481 e. The highest BCUT2D eigenvalue weighted by Gasteiger charge is 2.74. The predicted molar refractivity (Wildman–Crippen MR) is 134 cm³/mol. The van der Waals surface area contributed by atoms with Crippen LogP contribution in [0, 0.1) is 24.7 Å². The van der Waals surface area contributed by atoms with Gasteiger partial charge in [-0.05, 0) is 37.8 Å². The van der Waals surface area contributed by atoms with E-state index in [9.17, 15) is 19.5 Å². The molecular weight excluding hydrogens is 543 g/mol. The number of nitrogens with one attached hydrogen (secondary N) is 1. The van der Waals surface area contributed by atoms with Crippen LogP contribution in [0.25, 0.3) is 0 Å². The first-order chi connectivity index (χ1) is 17.8. The third kappa shape index (κ3) is 3.58. The molecule has 1 aromatic heterocycles. The Labute approximate surface area is 226 Å². The molecule has 3 fully saturated rings. The fourth-order valence-electron chi connectivity index (χ4n) is 6.68. The van der Waals surface area contributed by atoms with Gasteiger partial charge >= 0.3 is 5.97 Å². The van der Waals surface area contributed by atoms with Crippen LogP contribution in [0.4, 0.5) is 20.2 Å². The van der Waals surface area contributed by atoms with E-state index >= 15 is 8.78 Å². The number of carboxylic acids is 1. The van der Waals surface area contributed by atoms with E-state index in [-0.39, 0.29) is 27.2 Å². The van der Waals surface area contributed by atoms with E-state index in [0.29, 0.717) is 17.9 Å². The largest absolute Gasteiger partial charge is 0.481 e. The number of benzene rings is 1. The molecule has 2 aromatic rings. The van der Waals surface area contributed by atoms with Gasteiger partial charge in [0.1, 0.15) is 11.5 Å². The summed E-state index contributed by atoms with van der Waals surface area (Å²) in [6.45, 7) is 1.16. The summed E-state index contributed by atoms with van der Waals surface area (Å²) in [5.41, 5.74) is -0.829. The van der Waals surface area contributed by atoms with Crippen molar-refractivity contribution in [1.82, 2.24) is 14.7 Å². The summed E-state index contributed by atoms with van der Waals surface area (Å²) in [4.78, 5) is 43.8. The van der Waals surface area contributed by atoms with Crippen LogP contribution in [0.15, 0.2) is 18.3 Å². The van der Waals surface area contributed by atoms with Gasteiger partial charge in [-0.2, -0.15) is 5.10 Å². The molecule has 1 saturated carbocycles. The van der Waals surface area contributed by atoms with Crippen molar-refractivity contribution in [2.75, 3.05) is 23.3 Å². The molecule has 2 saturated heterocycles. The fourth-order valence-corrected chi connectivity index (χ4v) is 7.22. The average molecular weight is 568 g/mol. The van der Waals surface area contributed by atoms with Crippen LogP contribution in [0.1, 0.15) is 30.5 Å². The first-order valence-electron chi connectivity index (χ1n) is 12.3. The lowest BCUT2D eigenvalue weighted by atomic mass is 9.73. The second kappa shape index (κ2) is 8.37. The number of aliphatic carboxylic acids is 1. The Kier molecular flexibility index (Phi) is 5.62. The molecule has 1 aliphatic carbocycles. The number of carbonyl (C=O) groups excluding carboxylic acids is 2. The number of carboxylic acid groups (broad SMARTS) is 1. The molecule has 9 nitrogen and oxygen atoms in total. The van der Waals surface area contributed by atoms with E-state index in [1.165, 1.54) is 21.9 Å². The maximum absolute atomic E-state index is 15.0. The van der Waals surface area contributed by atoms with Gasteiger partial charge in [-0.15, -0.1) is 0 Å². The van der Waals surface area contributed by atoms with Gasteiger partial charge in [0.05, 0.1) is 34.6 Å². The van der Waals surface area contributed by atoms with Crippen LogP contribution in [0.5, 0.6) is 0 Å². The van der Waals surface area contributed by atoms with Crippen molar-refractivity contribution >= 4 is 52.4 Å². The van der Waals surface area contributed by atoms with E-state index in [2.05, 4.69) is 10.4 Å². The first-order valence-corrected chi connectivity index (χ1v) is 13.1. The number of hydrogen-bond acceptors (Lipinski definition) is 5. The Morgan fingerprint density at radius 2 is 2.00 bits per heavy atom. The lowest BCUT2D eigenvalue weighted by Gasteiger charge is -2.36. The summed E-state index contributed by atoms with van der Waals surface area (Å²) in [6, 6.07) is 1.56. The van der Waals surface area contributed by atoms with Crippen molar-refractivity contribution in [3.63, 3.8) is 0 Å². The minimum atomic E-state index is -3.24. The highest BCUT2D eigenvalue weighted by Crippen LogP contribution is 2.61. The summed E-state index contributed by atoms with van der Waals surface area (Å²) >= 11 is 12.6. The minimum absolute atomic E-state index is 0.0560. The average Bonchev–Trinajstić information content (AvgIpc) is 3.30. The SMILES string of the molecule is Cc1nn(C)cc1N(CC1CC1)C(=O)C1[C@H]2CC(F)(F)CN2[C@]2(C(=O)Nc3c(Cl)cc(Cl)cc32)[C@H]1C(=O)O. The fraction of sp³-hybridized carbons (Fsp3) is 0.520. The van der Waals surface area contributed by atoms with Crippen LogP contribution in [-0.2, 0) is 27.0 Å². The number of amides is 2. The lowest BCUT2D eigenvalue weighted by molar-refractivity contribution is -0.153. The molecule has 13 heteroatoms. The zero-order valence-electron chi connectivity index (χ0n) is 20.5. The number of hydrogen-bond donors (Lipinski definition) is 2. The third-order valence-electron chi connectivity index (χ3n) is 8.27. The second-order valence-electron chi connectivity index (χ2n) is 10.8. The van der Waals surface area contributed by atoms with Crippen molar-refractivity contribution in [1.29, 1.82) is 0 Å². The zero-order chi connectivity index (χ0) is 27.3. The Bertz CT molecular complexity index is 1400. The van der Waals surface area contributed by atoms with Gasteiger partial charge in [0.15, 0.2) is 0 Å². The van der Waals surface area contributed by atoms with Gasteiger partial charge in [-0.25, -0.2) is 8.78 Å². The molecule has 1 spiro atoms. The molecule has 38 heavy (non-hydrogen) atoms. The number of alkyl halides is 2. The van der Waals surface area contributed by atoms with Gasteiger partial charge in [-0.3, -0.25) is 24.0 Å². The van der Waals surface area contributed by atoms with E-state index in [1.807, 2.05) is 0 Å². The molecule has 3 aliphatic heterocycles. The summed E-state index contributed by atoms with van der Waals surface area (Å²) in [7, 11) is 1.70. The highest BCUT2D eigenvalue weighted by molar-refractivity contribution is 6.38. The van der Waals surface area contributed by atoms with Gasteiger partial charge in [-0.1, -0.05) is 23.2 Å². The van der Waals surface area contributed by atoms with Gasteiger partial charge < -0.3 is 15.3 Å². The Balaban J connectivity index is 1.55. The molecule has 202 valence electrons. The van der Waals surface area contributed by atoms with Crippen LogP contribution in [-0.4, -0.2) is 62.6 Å². The summed E-state index contributed by atoms with van der Waals surface area (Å²) in [5, 5.41) is 17.7. The molecule has 6 rings (SSSR count). The van der Waals surface area contributed by atoms with Crippen molar-refractivity contribution in [2.24, 2.45) is 24.8 Å². The molecule has 4 aliphatic rings. The molecule has 1 unspecified atom stereocenters.